The Morgan fingerprint density at radius 1 is 1.48 bits per heavy atom. The molecule has 1 aliphatic rings. The summed E-state index contributed by atoms with van der Waals surface area (Å²) in [7, 11) is 1.86. The van der Waals surface area contributed by atoms with Crippen LogP contribution >= 0.6 is 0 Å². The number of hydrogen-bond donors (Lipinski definition) is 1. The van der Waals surface area contributed by atoms with Gasteiger partial charge in [0.2, 0.25) is 5.91 Å². The molecule has 1 aliphatic heterocycles. The van der Waals surface area contributed by atoms with Gasteiger partial charge in [-0.2, -0.15) is 0 Å². The first-order chi connectivity index (χ1) is 11.1. The number of rotatable bonds is 5. The maximum atomic E-state index is 11.6. The summed E-state index contributed by atoms with van der Waals surface area (Å²) < 4.78 is 11.7. The van der Waals surface area contributed by atoms with Crippen LogP contribution in [0.2, 0.25) is 0 Å². The summed E-state index contributed by atoms with van der Waals surface area (Å²) in [5.74, 6) is 1.90. The van der Waals surface area contributed by atoms with E-state index in [1.807, 2.05) is 32.2 Å². The number of amides is 1. The highest BCUT2D eigenvalue weighted by Gasteiger charge is 2.25. The van der Waals surface area contributed by atoms with Crippen molar-refractivity contribution >= 4 is 16.9 Å². The molecule has 0 unspecified atom stereocenters. The number of ether oxygens (including phenoxy) is 1. The van der Waals surface area contributed by atoms with Crippen LogP contribution in [0.5, 0.6) is 5.75 Å². The van der Waals surface area contributed by atoms with E-state index >= 15 is 0 Å². The molecule has 1 aromatic heterocycles. The zero-order chi connectivity index (χ0) is 16.4. The van der Waals surface area contributed by atoms with Crippen molar-refractivity contribution in [1.82, 2.24) is 10.2 Å². The number of likely N-dealkylation sites (tertiary alicyclic amines) is 1. The van der Waals surface area contributed by atoms with Gasteiger partial charge in [0.15, 0.2) is 11.3 Å². The zero-order valence-electron chi connectivity index (χ0n) is 14.0. The highest BCUT2D eigenvalue weighted by Crippen LogP contribution is 2.31. The fourth-order valence-electron chi connectivity index (χ4n) is 3.12. The molecule has 1 aromatic carbocycles. The van der Waals surface area contributed by atoms with E-state index in [9.17, 15) is 4.79 Å². The van der Waals surface area contributed by atoms with Gasteiger partial charge in [0.05, 0.1) is 12.6 Å². The summed E-state index contributed by atoms with van der Waals surface area (Å²) in [6.07, 6.45) is 1.48. The Morgan fingerprint density at radius 3 is 3.04 bits per heavy atom. The van der Waals surface area contributed by atoms with Crippen LogP contribution in [0, 0.1) is 0 Å². The average Bonchev–Trinajstić information content (AvgIpc) is 2.97. The number of hydrogen-bond acceptors (Lipinski definition) is 4. The first kappa shape index (κ1) is 15.9. The van der Waals surface area contributed by atoms with Crippen molar-refractivity contribution in [2.45, 2.75) is 38.8 Å². The van der Waals surface area contributed by atoms with Gasteiger partial charge in [-0.05, 0) is 32.4 Å². The molecule has 5 heteroatoms. The Balaban J connectivity index is 1.74. The molecular formula is C18H24N2O3. The normalized spacial score (nSPS) is 20.0. The molecule has 124 valence electrons. The standard InChI is InChI=1S/C18H24N2O3/c1-4-22-15-7-5-6-13-10-16(23-18(13)15)12(2)19-14-8-9-17(21)20(3)11-14/h5-7,10,12,14,19H,4,8-9,11H2,1-3H3/t12-,14-/m1/s1. The van der Waals surface area contributed by atoms with Gasteiger partial charge in [-0.3, -0.25) is 4.79 Å². The number of carbonyl (C=O) groups is 1. The minimum Gasteiger partial charge on any atom is -0.490 e. The van der Waals surface area contributed by atoms with Crippen molar-refractivity contribution in [1.29, 1.82) is 0 Å². The van der Waals surface area contributed by atoms with Crippen LogP contribution in [0.25, 0.3) is 11.0 Å². The SMILES string of the molecule is CCOc1cccc2cc([C@@H](C)N[C@@H]3CCC(=O)N(C)C3)oc12. The smallest absolute Gasteiger partial charge is 0.222 e. The highest BCUT2D eigenvalue weighted by atomic mass is 16.5. The molecule has 0 saturated carbocycles. The highest BCUT2D eigenvalue weighted by molar-refractivity contribution is 5.83. The predicted molar refractivity (Wildman–Crippen MR) is 89.6 cm³/mol. The topological polar surface area (TPSA) is 54.7 Å². The molecule has 2 heterocycles. The van der Waals surface area contributed by atoms with Gasteiger partial charge in [-0.15, -0.1) is 0 Å². The third-order valence-corrected chi connectivity index (χ3v) is 4.37. The molecule has 0 radical (unpaired) electrons. The minimum absolute atomic E-state index is 0.0866. The van der Waals surface area contributed by atoms with Gasteiger partial charge in [-0.1, -0.05) is 12.1 Å². The van der Waals surface area contributed by atoms with Crippen LogP contribution in [0.1, 0.15) is 38.5 Å². The summed E-state index contributed by atoms with van der Waals surface area (Å²) in [4.78, 5) is 13.4. The third-order valence-electron chi connectivity index (χ3n) is 4.37. The summed E-state index contributed by atoms with van der Waals surface area (Å²) >= 11 is 0. The lowest BCUT2D eigenvalue weighted by molar-refractivity contribution is -0.132. The molecule has 0 spiro atoms. The largest absolute Gasteiger partial charge is 0.490 e. The Kier molecular flexibility index (Phi) is 4.57. The molecule has 1 amide bonds. The molecule has 23 heavy (non-hydrogen) atoms. The van der Waals surface area contributed by atoms with Crippen molar-refractivity contribution in [3.8, 4) is 5.75 Å². The monoisotopic (exact) mass is 316 g/mol. The maximum absolute atomic E-state index is 11.6. The van der Waals surface area contributed by atoms with E-state index in [-0.39, 0.29) is 11.9 Å². The lowest BCUT2D eigenvalue weighted by Gasteiger charge is -2.31. The summed E-state index contributed by atoms with van der Waals surface area (Å²) in [6.45, 7) is 5.42. The fraction of sp³-hybridized carbons (Fsp3) is 0.500. The lowest BCUT2D eigenvalue weighted by Crippen LogP contribution is -2.47. The molecule has 1 N–H and O–H groups in total. The molecule has 2 atom stereocenters. The number of para-hydroxylation sites is 1. The van der Waals surface area contributed by atoms with Crippen LogP contribution in [0.3, 0.4) is 0 Å². The first-order valence-corrected chi connectivity index (χ1v) is 8.23. The van der Waals surface area contributed by atoms with Crippen LogP contribution in [0.15, 0.2) is 28.7 Å². The maximum Gasteiger partial charge on any atom is 0.222 e. The molecule has 5 nitrogen and oxygen atoms in total. The van der Waals surface area contributed by atoms with E-state index < -0.39 is 0 Å². The Morgan fingerprint density at radius 2 is 2.30 bits per heavy atom. The van der Waals surface area contributed by atoms with Crippen molar-refractivity contribution in [2.75, 3.05) is 20.2 Å². The van der Waals surface area contributed by atoms with Gasteiger partial charge in [0.1, 0.15) is 5.76 Å². The number of piperidine rings is 1. The van der Waals surface area contributed by atoms with E-state index in [0.717, 1.165) is 35.4 Å². The number of likely N-dealkylation sites (N-methyl/N-ethyl adjacent to an activating group) is 1. The number of nitrogens with one attached hydrogen (secondary N) is 1. The summed E-state index contributed by atoms with van der Waals surface area (Å²) in [5.41, 5.74) is 0.800. The van der Waals surface area contributed by atoms with Crippen LogP contribution < -0.4 is 10.1 Å². The van der Waals surface area contributed by atoms with Crippen LogP contribution in [-0.4, -0.2) is 37.0 Å². The van der Waals surface area contributed by atoms with Gasteiger partial charge < -0.3 is 19.4 Å². The van der Waals surface area contributed by atoms with Crippen LogP contribution in [0.4, 0.5) is 0 Å². The second kappa shape index (κ2) is 6.62. The van der Waals surface area contributed by atoms with Crippen molar-refractivity contribution < 1.29 is 13.9 Å². The van der Waals surface area contributed by atoms with E-state index in [0.29, 0.717) is 19.1 Å². The predicted octanol–water partition coefficient (Wildman–Crippen LogP) is 3.10. The number of nitrogens with zero attached hydrogens (tertiary/aromatic N) is 1. The Labute approximate surface area is 136 Å². The Bertz CT molecular complexity index is 695. The number of furan rings is 1. The van der Waals surface area contributed by atoms with Crippen molar-refractivity contribution in [3.05, 3.63) is 30.0 Å². The minimum atomic E-state index is 0.0866. The summed E-state index contributed by atoms with van der Waals surface area (Å²) in [5, 5.41) is 4.62. The molecule has 1 fully saturated rings. The first-order valence-electron chi connectivity index (χ1n) is 8.23. The van der Waals surface area contributed by atoms with Gasteiger partial charge in [-0.25, -0.2) is 0 Å². The summed E-state index contributed by atoms with van der Waals surface area (Å²) in [6, 6.07) is 8.39. The lowest BCUT2D eigenvalue weighted by atomic mass is 10.0. The fourth-order valence-corrected chi connectivity index (χ4v) is 3.12. The molecule has 0 aliphatic carbocycles. The van der Waals surface area contributed by atoms with Crippen molar-refractivity contribution in [2.24, 2.45) is 0 Å². The van der Waals surface area contributed by atoms with E-state index in [1.165, 1.54) is 0 Å². The number of fused-ring (bicyclic) bond motifs is 1. The number of benzene rings is 1. The Hall–Kier alpha value is -2.01. The molecule has 2 aromatic rings. The third kappa shape index (κ3) is 3.34. The van der Waals surface area contributed by atoms with Gasteiger partial charge in [0, 0.05) is 31.4 Å². The quantitative estimate of drug-likeness (QED) is 0.921. The molecular weight excluding hydrogens is 292 g/mol. The molecule has 0 bridgehead atoms. The molecule has 1 saturated heterocycles. The van der Waals surface area contributed by atoms with E-state index in [4.69, 9.17) is 9.15 Å². The molecule has 3 rings (SSSR count). The zero-order valence-corrected chi connectivity index (χ0v) is 14.0. The van der Waals surface area contributed by atoms with Gasteiger partial charge >= 0.3 is 0 Å². The van der Waals surface area contributed by atoms with Crippen molar-refractivity contribution in [3.63, 3.8) is 0 Å². The van der Waals surface area contributed by atoms with Gasteiger partial charge in [0.25, 0.3) is 0 Å². The van der Waals surface area contributed by atoms with Crippen LogP contribution in [-0.2, 0) is 4.79 Å². The van der Waals surface area contributed by atoms with E-state index in [2.05, 4.69) is 18.3 Å². The second-order valence-corrected chi connectivity index (χ2v) is 6.15. The van der Waals surface area contributed by atoms with E-state index in [1.54, 1.807) is 4.90 Å². The number of carbonyl (C=O) groups excluding carboxylic acids is 1. The second-order valence-electron chi connectivity index (χ2n) is 6.15. The average molecular weight is 316 g/mol.